The van der Waals surface area contributed by atoms with E-state index in [1.54, 1.807) is 6.92 Å². The smallest absolute Gasteiger partial charge is 0.388 e. The maximum absolute atomic E-state index is 13.0. The van der Waals surface area contributed by atoms with Gasteiger partial charge in [0, 0.05) is 39.0 Å². The molecule has 1 aromatic carbocycles. The third kappa shape index (κ3) is 4.95. The van der Waals surface area contributed by atoms with E-state index in [-0.39, 0.29) is 24.4 Å². The number of aliphatic hydroxyl groups is 1. The third-order valence-corrected chi connectivity index (χ3v) is 4.33. The van der Waals surface area contributed by atoms with Crippen molar-refractivity contribution in [3.05, 3.63) is 35.4 Å². The SMILES string of the molecule is CC(CC(=O)NCC1(O)CCOCC1)c1ccccc1C(F)(F)F. The highest BCUT2D eigenvalue weighted by Gasteiger charge is 2.35. The number of nitrogens with one attached hydrogen (secondary N) is 1. The minimum Gasteiger partial charge on any atom is -0.388 e. The Hall–Kier alpha value is -1.60. The number of carbonyl (C=O) groups is 1. The van der Waals surface area contributed by atoms with Crippen LogP contribution < -0.4 is 5.32 Å². The van der Waals surface area contributed by atoms with E-state index in [9.17, 15) is 23.1 Å². The van der Waals surface area contributed by atoms with Gasteiger partial charge in [0.05, 0.1) is 11.2 Å². The Morgan fingerprint density at radius 3 is 2.58 bits per heavy atom. The van der Waals surface area contributed by atoms with Crippen LogP contribution in [0, 0.1) is 0 Å². The number of halogens is 3. The largest absolute Gasteiger partial charge is 0.416 e. The Morgan fingerprint density at radius 1 is 1.33 bits per heavy atom. The van der Waals surface area contributed by atoms with Gasteiger partial charge in [-0.15, -0.1) is 0 Å². The maximum Gasteiger partial charge on any atom is 0.416 e. The van der Waals surface area contributed by atoms with Gasteiger partial charge < -0.3 is 15.2 Å². The minimum absolute atomic E-state index is 0.0698. The number of benzene rings is 1. The lowest BCUT2D eigenvalue weighted by molar-refractivity contribution is -0.138. The highest BCUT2D eigenvalue weighted by molar-refractivity contribution is 5.77. The number of hydrogen-bond donors (Lipinski definition) is 2. The molecule has 7 heteroatoms. The van der Waals surface area contributed by atoms with Gasteiger partial charge in [-0.25, -0.2) is 0 Å². The van der Waals surface area contributed by atoms with E-state index in [2.05, 4.69) is 5.32 Å². The zero-order valence-corrected chi connectivity index (χ0v) is 13.5. The van der Waals surface area contributed by atoms with Crippen LogP contribution in [0.2, 0.25) is 0 Å². The minimum atomic E-state index is -4.45. The van der Waals surface area contributed by atoms with Crippen LogP contribution in [0.4, 0.5) is 13.2 Å². The van der Waals surface area contributed by atoms with Crippen LogP contribution >= 0.6 is 0 Å². The predicted molar refractivity (Wildman–Crippen MR) is 82.5 cm³/mol. The van der Waals surface area contributed by atoms with Gasteiger partial charge in [0.15, 0.2) is 0 Å². The number of alkyl halides is 3. The fraction of sp³-hybridized carbons (Fsp3) is 0.588. The molecular weight excluding hydrogens is 323 g/mol. The summed E-state index contributed by atoms with van der Waals surface area (Å²) >= 11 is 0. The summed E-state index contributed by atoms with van der Waals surface area (Å²) in [5, 5.41) is 12.9. The lowest BCUT2D eigenvalue weighted by atomic mass is 9.91. The van der Waals surface area contributed by atoms with Gasteiger partial charge in [0.25, 0.3) is 0 Å². The summed E-state index contributed by atoms with van der Waals surface area (Å²) in [6.07, 6.45) is -3.66. The van der Waals surface area contributed by atoms with E-state index < -0.39 is 23.3 Å². The summed E-state index contributed by atoms with van der Waals surface area (Å²) in [4.78, 5) is 12.0. The lowest BCUT2D eigenvalue weighted by Crippen LogP contribution is -2.46. The molecule has 0 aromatic heterocycles. The van der Waals surface area contributed by atoms with Crippen molar-refractivity contribution in [1.82, 2.24) is 5.32 Å². The van der Waals surface area contributed by atoms with Crippen LogP contribution in [0.3, 0.4) is 0 Å². The number of ether oxygens (including phenoxy) is 1. The van der Waals surface area contributed by atoms with Crippen LogP contribution in [0.15, 0.2) is 24.3 Å². The van der Waals surface area contributed by atoms with Gasteiger partial charge in [-0.1, -0.05) is 25.1 Å². The average molecular weight is 345 g/mol. The summed E-state index contributed by atoms with van der Waals surface area (Å²) in [6.45, 7) is 2.54. The Bertz CT molecular complexity index is 568. The topological polar surface area (TPSA) is 58.6 Å². The fourth-order valence-electron chi connectivity index (χ4n) is 2.84. The van der Waals surface area contributed by atoms with E-state index in [1.165, 1.54) is 18.2 Å². The molecule has 4 nitrogen and oxygen atoms in total. The fourth-order valence-corrected chi connectivity index (χ4v) is 2.84. The van der Waals surface area contributed by atoms with E-state index in [0.29, 0.717) is 26.1 Å². The van der Waals surface area contributed by atoms with Crippen molar-refractivity contribution in [3.8, 4) is 0 Å². The first-order valence-electron chi connectivity index (χ1n) is 7.94. The van der Waals surface area contributed by atoms with Crippen molar-refractivity contribution in [2.45, 2.75) is 43.9 Å². The molecule has 134 valence electrons. The molecule has 1 fully saturated rings. The monoisotopic (exact) mass is 345 g/mol. The van der Waals surface area contributed by atoms with Crippen LogP contribution in [0.5, 0.6) is 0 Å². The van der Waals surface area contributed by atoms with Crippen molar-refractivity contribution in [1.29, 1.82) is 0 Å². The molecule has 24 heavy (non-hydrogen) atoms. The Balaban J connectivity index is 1.95. The number of amides is 1. The molecule has 0 saturated carbocycles. The van der Waals surface area contributed by atoms with Gasteiger partial charge in [-0.05, 0) is 17.5 Å². The number of rotatable bonds is 5. The van der Waals surface area contributed by atoms with Crippen molar-refractivity contribution in [3.63, 3.8) is 0 Å². The van der Waals surface area contributed by atoms with E-state index in [0.717, 1.165) is 6.07 Å². The number of hydrogen-bond acceptors (Lipinski definition) is 3. The van der Waals surface area contributed by atoms with Gasteiger partial charge in [-0.2, -0.15) is 13.2 Å². The highest BCUT2D eigenvalue weighted by atomic mass is 19.4. The summed E-state index contributed by atoms with van der Waals surface area (Å²) in [5.74, 6) is -0.952. The van der Waals surface area contributed by atoms with Gasteiger partial charge in [0.2, 0.25) is 5.91 Å². The second-order valence-electron chi connectivity index (χ2n) is 6.30. The molecule has 1 unspecified atom stereocenters. The van der Waals surface area contributed by atoms with Gasteiger partial charge in [-0.3, -0.25) is 4.79 Å². The normalized spacial score (nSPS) is 18.9. The van der Waals surface area contributed by atoms with Gasteiger partial charge in [0.1, 0.15) is 0 Å². The molecule has 1 aliphatic heterocycles. The molecule has 0 aliphatic carbocycles. The molecule has 0 bridgehead atoms. The van der Waals surface area contributed by atoms with Crippen molar-refractivity contribution in [2.75, 3.05) is 19.8 Å². The second-order valence-corrected chi connectivity index (χ2v) is 6.30. The zero-order chi connectivity index (χ0) is 17.8. The molecule has 0 radical (unpaired) electrons. The van der Waals surface area contributed by atoms with Crippen LogP contribution in [-0.2, 0) is 15.7 Å². The molecule has 1 aliphatic rings. The standard InChI is InChI=1S/C17H22F3NO3/c1-12(13-4-2-3-5-14(13)17(18,19)20)10-15(22)21-11-16(23)6-8-24-9-7-16/h2-5,12,23H,6-11H2,1H3,(H,21,22). The van der Waals surface area contributed by atoms with E-state index >= 15 is 0 Å². The summed E-state index contributed by atoms with van der Waals surface area (Å²) < 4.78 is 44.3. The molecular formula is C17H22F3NO3. The molecule has 0 spiro atoms. The Morgan fingerprint density at radius 2 is 1.96 bits per heavy atom. The Labute approximate surface area is 139 Å². The third-order valence-electron chi connectivity index (χ3n) is 4.33. The molecule has 2 rings (SSSR count). The quantitative estimate of drug-likeness (QED) is 0.863. The molecule has 1 heterocycles. The van der Waals surface area contributed by atoms with E-state index in [1.807, 2.05) is 0 Å². The summed E-state index contributed by atoms with van der Waals surface area (Å²) in [6, 6.07) is 5.28. The van der Waals surface area contributed by atoms with Crippen LogP contribution in [0.25, 0.3) is 0 Å². The first-order valence-corrected chi connectivity index (χ1v) is 7.94. The maximum atomic E-state index is 13.0. The predicted octanol–water partition coefficient (Wildman–Crippen LogP) is 2.86. The first kappa shape index (κ1) is 18.7. The average Bonchev–Trinajstić information content (AvgIpc) is 2.53. The first-order chi connectivity index (χ1) is 11.2. The van der Waals surface area contributed by atoms with Crippen molar-refractivity contribution >= 4 is 5.91 Å². The van der Waals surface area contributed by atoms with Crippen LogP contribution in [0.1, 0.15) is 43.2 Å². The van der Waals surface area contributed by atoms with Crippen molar-refractivity contribution < 1.29 is 27.8 Å². The van der Waals surface area contributed by atoms with E-state index in [4.69, 9.17) is 4.74 Å². The lowest BCUT2D eigenvalue weighted by Gasteiger charge is -2.32. The molecule has 2 N–H and O–H groups in total. The summed E-state index contributed by atoms with van der Waals surface area (Å²) in [5.41, 5.74) is -1.61. The second kappa shape index (κ2) is 7.53. The molecule has 1 amide bonds. The van der Waals surface area contributed by atoms with Gasteiger partial charge >= 0.3 is 6.18 Å². The zero-order valence-electron chi connectivity index (χ0n) is 13.5. The Kier molecular flexibility index (Phi) is 5.87. The van der Waals surface area contributed by atoms with Crippen LogP contribution in [-0.4, -0.2) is 36.4 Å². The molecule has 1 atom stereocenters. The highest BCUT2D eigenvalue weighted by Crippen LogP contribution is 2.35. The number of carbonyl (C=O) groups excluding carboxylic acids is 1. The molecule has 1 aromatic rings. The molecule has 1 saturated heterocycles. The van der Waals surface area contributed by atoms with Crippen molar-refractivity contribution in [2.24, 2.45) is 0 Å². The summed E-state index contributed by atoms with van der Waals surface area (Å²) in [7, 11) is 0.